The van der Waals surface area contributed by atoms with Crippen LogP contribution in [0.5, 0.6) is 0 Å². The predicted octanol–water partition coefficient (Wildman–Crippen LogP) is 4.32. The zero-order valence-corrected chi connectivity index (χ0v) is 19.0. The van der Waals surface area contributed by atoms with E-state index in [1.807, 2.05) is 42.5 Å². The van der Waals surface area contributed by atoms with Crippen LogP contribution < -0.4 is 0 Å². The van der Waals surface area contributed by atoms with Crippen molar-refractivity contribution in [1.29, 1.82) is 0 Å². The summed E-state index contributed by atoms with van der Waals surface area (Å²) in [5, 5.41) is 21.1. The van der Waals surface area contributed by atoms with Crippen LogP contribution in [0.2, 0.25) is 18.1 Å². The molecule has 0 bridgehead atoms. The molecule has 1 saturated heterocycles. The second-order valence-electron chi connectivity index (χ2n) is 9.33. The van der Waals surface area contributed by atoms with Crippen molar-refractivity contribution < 1.29 is 19.4 Å². The molecule has 2 N–H and O–H groups in total. The maximum Gasteiger partial charge on any atom is 0.192 e. The number of benzene rings is 1. The number of hydrogen-bond donors (Lipinski definition) is 2. The highest BCUT2D eigenvalue weighted by atomic mass is 28.4. The van der Waals surface area contributed by atoms with Gasteiger partial charge in [-0.3, -0.25) is 4.98 Å². The number of rotatable bonds is 5. The average Bonchev–Trinajstić information content (AvgIpc) is 2.69. The third-order valence-corrected chi connectivity index (χ3v) is 10.7. The van der Waals surface area contributed by atoms with E-state index >= 15 is 0 Å². The second kappa shape index (κ2) is 8.66. The van der Waals surface area contributed by atoms with Crippen LogP contribution in [0.3, 0.4) is 0 Å². The summed E-state index contributed by atoms with van der Waals surface area (Å²) in [6.07, 6.45) is -0.630. The molecule has 0 radical (unpaired) electrons. The highest BCUT2D eigenvalue weighted by Crippen LogP contribution is 2.39. The van der Waals surface area contributed by atoms with Gasteiger partial charge in [0.05, 0.1) is 24.5 Å². The molecule has 6 heteroatoms. The highest BCUT2D eigenvalue weighted by molar-refractivity contribution is 6.74. The van der Waals surface area contributed by atoms with Gasteiger partial charge in [0, 0.05) is 18.2 Å². The minimum absolute atomic E-state index is 0.0657. The lowest BCUT2D eigenvalue weighted by Crippen LogP contribution is -2.51. The number of aliphatic hydroxyl groups is 2. The monoisotopic (exact) mass is 415 g/mol. The molecule has 29 heavy (non-hydrogen) atoms. The number of aromatic nitrogens is 1. The Labute approximate surface area is 174 Å². The molecular formula is C23H33NO4Si. The van der Waals surface area contributed by atoms with E-state index in [4.69, 9.17) is 9.16 Å². The van der Waals surface area contributed by atoms with Crippen molar-refractivity contribution in [2.45, 2.75) is 69.7 Å². The summed E-state index contributed by atoms with van der Waals surface area (Å²) in [6, 6.07) is 13.8. The molecule has 0 saturated carbocycles. The Bertz CT molecular complexity index is 806. The van der Waals surface area contributed by atoms with Crippen LogP contribution >= 0.6 is 0 Å². The highest BCUT2D eigenvalue weighted by Gasteiger charge is 2.42. The zero-order valence-electron chi connectivity index (χ0n) is 18.0. The van der Waals surface area contributed by atoms with Crippen molar-refractivity contribution in [3.05, 3.63) is 54.2 Å². The lowest BCUT2D eigenvalue weighted by Gasteiger charge is -2.41. The van der Waals surface area contributed by atoms with Crippen LogP contribution in [0.15, 0.2) is 48.7 Å². The second-order valence-corrected chi connectivity index (χ2v) is 14.1. The molecular weight excluding hydrogens is 382 g/mol. The number of aliphatic hydroxyl groups excluding tert-OH is 2. The van der Waals surface area contributed by atoms with E-state index in [2.05, 4.69) is 38.8 Å². The third kappa shape index (κ3) is 4.95. The molecule has 1 fully saturated rings. The van der Waals surface area contributed by atoms with Crippen LogP contribution in [-0.2, 0) is 9.16 Å². The average molecular weight is 416 g/mol. The first-order valence-electron chi connectivity index (χ1n) is 10.3. The van der Waals surface area contributed by atoms with Gasteiger partial charge in [0.2, 0.25) is 0 Å². The van der Waals surface area contributed by atoms with Crippen LogP contribution in [0.1, 0.15) is 38.9 Å². The Hall–Kier alpha value is -1.57. The molecule has 0 spiro atoms. The largest absolute Gasteiger partial charge is 0.414 e. The fourth-order valence-corrected chi connectivity index (χ4v) is 4.35. The first kappa shape index (κ1) is 22.1. The molecule has 1 aliphatic rings. The van der Waals surface area contributed by atoms with Crippen molar-refractivity contribution >= 4 is 8.32 Å². The first-order valence-corrected chi connectivity index (χ1v) is 13.2. The van der Waals surface area contributed by atoms with Gasteiger partial charge in [0.15, 0.2) is 8.32 Å². The maximum atomic E-state index is 10.5. The van der Waals surface area contributed by atoms with Gasteiger partial charge in [-0.1, -0.05) is 51.1 Å². The van der Waals surface area contributed by atoms with Crippen molar-refractivity contribution in [3.63, 3.8) is 0 Å². The van der Waals surface area contributed by atoms with E-state index in [0.29, 0.717) is 6.42 Å². The number of ether oxygens (including phenoxy) is 1. The molecule has 3 rings (SSSR count). The van der Waals surface area contributed by atoms with E-state index in [1.165, 1.54) is 0 Å². The molecule has 1 aliphatic heterocycles. The molecule has 158 valence electrons. The van der Waals surface area contributed by atoms with Gasteiger partial charge in [-0.2, -0.15) is 0 Å². The van der Waals surface area contributed by atoms with E-state index in [9.17, 15) is 10.2 Å². The summed E-state index contributed by atoms with van der Waals surface area (Å²) >= 11 is 0. The van der Waals surface area contributed by atoms with Crippen molar-refractivity contribution in [2.24, 2.45) is 0 Å². The summed E-state index contributed by atoms with van der Waals surface area (Å²) in [5.41, 5.74) is 2.81. The maximum absolute atomic E-state index is 10.5. The molecule has 1 aromatic carbocycles. The van der Waals surface area contributed by atoms with Gasteiger partial charge in [-0.05, 0) is 35.8 Å². The van der Waals surface area contributed by atoms with Crippen LogP contribution in [0.4, 0.5) is 0 Å². The van der Waals surface area contributed by atoms with Gasteiger partial charge in [-0.25, -0.2) is 0 Å². The number of nitrogens with zero attached hydrogens (tertiary/aromatic N) is 1. The molecule has 1 aromatic heterocycles. The Morgan fingerprint density at radius 2 is 1.79 bits per heavy atom. The smallest absolute Gasteiger partial charge is 0.192 e. The topological polar surface area (TPSA) is 71.8 Å². The van der Waals surface area contributed by atoms with Gasteiger partial charge in [-0.15, -0.1) is 0 Å². The molecule has 0 unspecified atom stereocenters. The zero-order chi connectivity index (χ0) is 21.2. The Morgan fingerprint density at radius 3 is 2.45 bits per heavy atom. The lowest BCUT2D eigenvalue weighted by molar-refractivity contribution is -0.179. The lowest BCUT2D eigenvalue weighted by atomic mass is 9.90. The van der Waals surface area contributed by atoms with Crippen LogP contribution in [-0.4, -0.2) is 48.4 Å². The Kier molecular flexibility index (Phi) is 6.60. The Balaban J connectivity index is 1.82. The fourth-order valence-electron chi connectivity index (χ4n) is 3.33. The molecule has 5 nitrogen and oxygen atoms in total. The number of pyridine rings is 1. The predicted molar refractivity (Wildman–Crippen MR) is 117 cm³/mol. The van der Waals surface area contributed by atoms with Gasteiger partial charge in [0.25, 0.3) is 0 Å². The third-order valence-electron chi connectivity index (χ3n) is 6.23. The molecule has 0 aliphatic carbocycles. The van der Waals surface area contributed by atoms with E-state index < -0.39 is 26.6 Å². The summed E-state index contributed by atoms with van der Waals surface area (Å²) in [4.78, 5) is 4.47. The number of hydrogen-bond acceptors (Lipinski definition) is 5. The van der Waals surface area contributed by atoms with Crippen LogP contribution in [0.25, 0.3) is 11.3 Å². The van der Waals surface area contributed by atoms with E-state index in [1.54, 1.807) is 6.20 Å². The van der Waals surface area contributed by atoms with Crippen molar-refractivity contribution in [1.82, 2.24) is 4.98 Å². The van der Waals surface area contributed by atoms with Crippen molar-refractivity contribution in [2.75, 3.05) is 6.61 Å². The Morgan fingerprint density at radius 1 is 1.10 bits per heavy atom. The molecule has 4 atom stereocenters. The molecule has 2 heterocycles. The quantitative estimate of drug-likeness (QED) is 0.712. The van der Waals surface area contributed by atoms with Crippen molar-refractivity contribution in [3.8, 4) is 11.3 Å². The fraction of sp³-hybridized carbons (Fsp3) is 0.522. The van der Waals surface area contributed by atoms with Crippen LogP contribution in [0, 0.1) is 0 Å². The molecule has 2 aromatic rings. The van der Waals surface area contributed by atoms with E-state index in [-0.39, 0.29) is 17.7 Å². The molecule has 0 amide bonds. The summed E-state index contributed by atoms with van der Waals surface area (Å²) in [7, 11) is -1.99. The van der Waals surface area contributed by atoms with Gasteiger partial charge < -0.3 is 19.4 Å². The summed E-state index contributed by atoms with van der Waals surface area (Å²) in [6.45, 7) is 11.2. The van der Waals surface area contributed by atoms with E-state index in [0.717, 1.165) is 16.8 Å². The summed E-state index contributed by atoms with van der Waals surface area (Å²) < 4.78 is 12.6. The first-order chi connectivity index (χ1) is 13.6. The standard InChI is InChI=1S/C23H33NO4Si/c1-23(2,3)29(4,5)27-15-21-22(26)19(25)14-20(28-21)17-11-7-6-10-16(17)18-12-8-9-13-24-18/h6-13,19-22,25-26H,14-15H2,1-5H3/t19-,20-,21-,22+/m1/s1. The van der Waals surface area contributed by atoms with Gasteiger partial charge in [0.1, 0.15) is 12.2 Å². The summed E-state index contributed by atoms with van der Waals surface area (Å²) in [5.74, 6) is 0. The minimum Gasteiger partial charge on any atom is -0.414 e. The minimum atomic E-state index is -1.99. The van der Waals surface area contributed by atoms with Gasteiger partial charge >= 0.3 is 0 Å². The SMILES string of the molecule is CC(C)(C)[Si](C)(C)OC[C@H]1O[C@@H](c2ccccc2-c2ccccn2)C[C@@H](O)[C@@H]1O. The normalized spacial score (nSPS) is 25.8.